The van der Waals surface area contributed by atoms with Crippen molar-refractivity contribution in [3.8, 4) is 0 Å². The first kappa shape index (κ1) is 22.9. The molecule has 0 saturated heterocycles. The molecular formula is C32H24N4S2. The third-order valence-electron chi connectivity index (χ3n) is 6.69. The molecule has 4 heterocycles. The van der Waals surface area contributed by atoms with E-state index in [2.05, 4.69) is 127 Å². The van der Waals surface area contributed by atoms with Crippen molar-refractivity contribution in [3.63, 3.8) is 0 Å². The SMILES string of the molecule is c1ccc(Cc2csc3nc4ccccc4n23)cc1.c1ccc(Cc2csc3nc4ccccc4n23)cc1. The first-order chi connectivity index (χ1) is 18.8. The summed E-state index contributed by atoms with van der Waals surface area (Å²) < 4.78 is 4.54. The highest BCUT2D eigenvalue weighted by molar-refractivity contribution is 7.15. The van der Waals surface area contributed by atoms with Gasteiger partial charge in [-0.25, -0.2) is 9.97 Å². The Bertz CT molecular complexity index is 1830. The number of hydrogen-bond donors (Lipinski definition) is 0. The molecule has 0 bridgehead atoms. The Hall–Kier alpha value is -4.26. The molecule has 8 aromatic rings. The van der Waals surface area contributed by atoms with Crippen LogP contribution in [0.3, 0.4) is 0 Å². The van der Waals surface area contributed by atoms with Gasteiger partial charge in [-0.2, -0.15) is 0 Å². The Labute approximate surface area is 228 Å². The van der Waals surface area contributed by atoms with E-state index in [1.54, 1.807) is 22.7 Å². The number of para-hydroxylation sites is 4. The van der Waals surface area contributed by atoms with E-state index in [1.807, 2.05) is 12.1 Å². The molecule has 0 atom stereocenters. The fourth-order valence-corrected chi connectivity index (χ4v) is 6.72. The highest BCUT2D eigenvalue weighted by Crippen LogP contribution is 2.26. The van der Waals surface area contributed by atoms with Crippen molar-refractivity contribution in [2.24, 2.45) is 0 Å². The van der Waals surface area contributed by atoms with Gasteiger partial charge in [0.2, 0.25) is 0 Å². The highest BCUT2D eigenvalue weighted by Gasteiger charge is 2.11. The molecule has 4 aromatic carbocycles. The Morgan fingerprint density at radius 1 is 0.474 bits per heavy atom. The summed E-state index contributed by atoms with van der Waals surface area (Å²) in [5, 5.41) is 4.42. The molecule has 0 fully saturated rings. The first-order valence-corrected chi connectivity index (χ1v) is 14.3. The fraction of sp³-hybridized carbons (Fsp3) is 0.0625. The maximum atomic E-state index is 4.66. The smallest absolute Gasteiger partial charge is 0.194 e. The molecule has 8 rings (SSSR count). The van der Waals surface area contributed by atoms with Gasteiger partial charge in [0, 0.05) is 35.0 Å². The van der Waals surface area contributed by atoms with Crippen LogP contribution in [0, 0.1) is 0 Å². The van der Waals surface area contributed by atoms with Crippen LogP contribution in [0.5, 0.6) is 0 Å². The molecule has 0 aliphatic carbocycles. The number of aromatic nitrogens is 4. The summed E-state index contributed by atoms with van der Waals surface area (Å²) in [4.78, 5) is 11.5. The first-order valence-electron chi connectivity index (χ1n) is 12.6. The lowest BCUT2D eigenvalue weighted by Crippen LogP contribution is -1.92. The molecule has 4 aromatic heterocycles. The standard InChI is InChI=1S/2C16H12N2S/c2*1-2-6-12(7-3-1)10-13-11-19-16-17-14-8-4-5-9-15(14)18(13)16/h2*1-9,11H,10H2. The average Bonchev–Trinajstić information content (AvgIpc) is 3.72. The minimum atomic E-state index is 0.946. The summed E-state index contributed by atoms with van der Waals surface area (Å²) in [6.45, 7) is 0. The van der Waals surface area contributed by atoms with Gasteiger partial charge < -0.3 is 0 Å². The second kappa shape index (κ2) is 9.89. The van der Waals surface area contributed by atoms with Crippen molar-refractivity contribution in [1.29, 1.82) is 0 Å². The zero-order valence-corrected chi connectivity index (χ0v) is 22.2. The molecule has 6 heteroatoms. The van der Waals surface area contributed by atoms with Crippen LogP contribution in [-0.2, 0) is 12.8 Å². The lowest BCUT2D eigenvalue weighted by molar-refractivity contribution is 1.06. The summed E-state index contributed by atoms with van der Waals surface area (Å²) in [6, 6.07) is 37.8. The molecule has 0 aliphatic rings. The minimum absolute atomic E-state index is 0.946. The Kier molecular flexibility index (Phi) is 5.96. The van der Waals surface area contributed by atoms with Gasteiger partial charge in [-0.1, -0.05) is 84.9 Å². The zero-order valence-electron chi connectivity index (χ0n) is 20.6. The van der Waals surface area contributed by atoms with Crippen molar-refractivity contribution in [1.82, 2.24) is 18.8 Å². The molecule has 0 spiro atoms. The topological polar surface area (TPSA) is 34.6 Å². The summed E-state index contributed by atoms with van der Waals surface area (Å²) in [6.07, 6.45) is 1.89. The summed E-state index contributed by atoms with van der Waals surface area (Å²) in [5.41, 5.74) is 9.82. The average molecular weight is 529 g/mol. The van der Waals surface area contributed by atoms with Crippen molar-refractivity contribution >= 4 is 54.7 Å². The van der Waals surface area contributed by atoms with Crippen LogP contribution in [0.4, 0.5) is 0 Å². The monoisotopic (exact) mass is 528 g/mol. The molecule has 0 amide bonds. The number of fused-ring (bicyclic) bond motifs is 6. The number of thiazole rings is 2. The number of imidazole rings is 2. The zero-order chi connectivity index (χ0) is 25.3. The maximum absolute atomic E-state index is 4.66. The third-order valence-corrected chi connectivity index (χ3v) is 8.44. The van der Waals surface area contributed by atoms with E-state index in [0.717, 1.165) is 33.8 Å². The lowest BCUT2D eigenvalue weighted by atomic mass is 10.1. The summed E-state index contributed by atoms with van der Waals surface area (Å²) >= 11 is 3.42. The molecule has 38 heavy (non-hydrogen) atoms. The lowest BCUT2D eigenvalue weighted by Gasteiger charge is -2.01. The van der Waals surface area contributed by atoms with Gasteiger partial charge in [-0.05, 0) is 35.4 Å². The predicted molar refractivity (Wildman–Crippen MR) is 160 cm³/mol. The molecule has 0 saturated carbocycles. The van der Waals surface area contributed by atoms with Crippen LogP contribution >= 0.6 is 22.7 Å². The van der Waals surface area contributed by atoms with Crippen molar-refractivity contribution in [2.45, 2.75) is 12.8 Å². The van der Waals surface area contributed by atoms with Gasteiger partial charge in [-0.15, -0.1) is 22.7 Å². The van der Waals surface area contributed by atoms with Crippen LogP contribution < -0.4 is 0 Å². The van der Waals surface area contributed by atoms with Crippen LogP contribution in [-0.4, -0.2) is 18.8 Å². The van der Waals surface area contributed by atoms with Crippen LogP contribution in [0.2, 0.25) is 0 Å². The van der Waals surface area contributed by atoms with Gasteiger partial charge >= 0.3 is 0 Å². The van der Waals surface area contributed by atoms with Gasteiger partial charge in [0.15, 0.2) is 9.92 Å². The van der Waals surface area contributed by atoms with E-state index in [-0.39, 0.29) is 0 Å². The second-order valence-electron chi connectivity index (χ2n) is 9.22. The van der Waals surface area contributed by atoms with E-state index in [9.17, 15) is 0 Å². The minimum Gasteiger partial charge on any atom is -0.287 e. The number of nitrogens with zero attached hydrogens (tertiary/aromatic N) is 4. The van der Waals surface area contributed by atoms with E-state index in [1.165, 1.54) is 33.5 Å². The Morgan fingerprint density at radius 2 is 0.868 bits per heavy atom. The predicted octanol–water partition coefficient (Wildman–Crippen LogP) is 8.28. The quantitative estimate of drug-likeness (QED) is 0.230. The summed E-state index contributed by atoms with van der Waals surface area (Å²) in [5.74, 6) is 0. The van der Waals surface area contributed by atoms with Gasteiger partial charge in [0.05, 0.1) is 22.1 Å². The number of rotatable bonds is 4. The Balaban J connectivity index is 0.000000127. The van der Waals surface area contributed by atoms with Crippen LogP contribution in [0.15, 0.2) is 120 Å². The van der Waals surface area contributed by atoms with E-state index in [0.29, 0.717) is 0 Å². The normalized spacial score (nSPS) is 11.4. The van der Waals surface area contributed by atoms with E-state index >= 15 is 0 Å². The van der Waals surface area contributed by atoms with Gasteiger partial charge in [-0.3, -0.25) is 8.80 Å². The molecule has 184 valence electrons. The van der Waals surface area contributed by atoms with Crippen molar-refractivity contribution in [2.75, 3.05) is 0 Å². The van der Waals surface area contributed by atoms with Crippen LogP contribution in [0.1, 0.15) is 22.5 Å². The van der Waals surface area contributed by atoms with Crippen LogP contribution in [0.25, 0.3) is 32.0 Å². The number of hydrogen-bond acceptors (Lipinski definition) is 4. The maximum Gasteiger partial charge on any atom is 0.194 e. The second-order valence-corrected chi connectivity index (χ2v) is 10.9. The van der Waals surface area contributed by atoms with Crippen molar-refractivity contribution in [3.05, 3.63) is 142 Å². The molecule has 0 unspecified atom stereocenters. The highest BCUT2D eigenvalue weighted by atomic mass is 32.1. The molecular weight excluding hydrogens is 505 g/mol. The van der Waals surface area contributed by atoms with Gasteiger partial charge in [0.1, 0.15) is 0 Å². The van der Waals surface area contributed by atoms with Crippen molar-refractivity contribution < 1.29 is 0 Å². The van der Waals surface area contributed by atoms with E-state index in [4.69, 9.17) is 0 Å². The fourth-order valence-electron chi connectivity index (χ4n) is 4.92. The molecule has 0 N–H and O–H groups in total. The molecule has 0 aliphatic heterocycles. The van der Waals surface area contributed by atoms with E-state index < -0.39 is 0 Å². The number of benzene rings is 4. The Morgan fingerprint density at radius 3 is 1.32 bits per heavy atom. The summed E-state index contributed by atoms with van der Waals surface area (Å²) in [7, 11) is 0. The largest absolute Gasteiger partial charge is 0.287 e. The third kappa shape index (κ3) is 4.28. The molecule has 4 nitrogen and oxygen atoms in total. The molecule has 0 radical (unpaired) electrons. The van der Waals surface area contributed by atoms with Gasteiger partial charge in [0.25, 0.3) is 0 Å².